The smallest absolute Gasteiger partial charge is 0.151 e. The van der Waals surface area contributed by atoms with Crippen molar-refractivity contribution in [2.24, 2.45) is 4.99 Å². The van der Waals surface area contributed by atoms with Crippen molar-refractivity contribution in [2.75, 3.05) is 0 Å². The zero-order valence-corrected chi connectivity index (χ0v) is 16.6. The quantitative estimate of drug-likeness (QED) is 0.230. The van der Waals surface area contributed by atoms with E-state index in [0.717, 1.165) is 30.5 Å². The van der Waals surface area contributed by atoms with Crippen molar-refractivity contribution in [1.29, 1.82) is 0 Å². The molecule has 0 radical (unpaired) electrons. The number of aryl methyl sites for hydroxylation is 1. The Labute approximate surface area is 170 Å². The van der Waals surface area contributed by atoms with Gasteiger partial charge in [0.05, 0.1) is 10.7 Å². The van der Waals surface area contributed by atoms with Gasteiger partial charge in [0.15, 0.2) is 5.82 Å². The van der Waals surface area contributed by atoms with Gasteiger partial charge in [-0.05, 0) is 67.2 Å². The van der Waals surface area contributed by atoms with E-state index in [2.05, 4.69) is 48.1 Å². The number of hydrogen-bond donors (Lipinski definition) is 0. The highest BCUT2D eigenvalue weighted by Gasteiger charge is 2.11. The first-order chi connectivity index (χ1) is 13.6. The second-order valence-corrected chi connectivity index (χ2v) is 7.09. The van der Waals surface area contributed by atoms with Gasteiger partial charge >= 0.3 is 0 Å². The van der Waals surface area contributed by atoms with Crippen LogP contribution in [-0.2, 0) is 6.42 Å². The number of allylic oxidation sites excluding steroid dienone is 1. The fraction of sp³-hybridized carbons (Fsp3) is 0.292. The molecular weight excluding hydrogens is 372 g/mol. The average Bonchev–Trinajstić information content (AvgIpc) is 2.69. The van der Waals surface area contributed by atoms with Gasteiger partial charge in [0.1, 0.15) is 11.5 Å². The molecule has 0 heterocycles. The molecule has 0 fully saturated rings. The maximum Gasteiger partial charge on any atom is 0.151 e. The fourth-order valence-corrected chi connectivity index (χ4v) is 3.43. The van der Waals surface area contributed by atoms with Gasteiger partial charge in [-0.2, -0.15) is 4.99 Å². The van der Waals surface area contributed by atoms with Gasteiger partial charge < -0.3 is 0 Å². The molecule has 3 rings (SSSR count). The number of aliphatic imine (C=N–C) groups is 1. The largest absolute Gasteiger partial charge is 0.206 e. The van der Waals surface area contributed by atoms with Gasteiger partial charge in [-0.25, -0.2) is 8.78 Å². The summed E-state index contributed by atoms with van der Waals surface area (Å²) in [7, 11) is 0. The lowest BCUT2D eigenvalue weighted by molar-refractivity contribution is 0.599. The van der Waals surface area contributed by atoms with E-state index in [9.17, 15) is 8.78 Å². The van der Waals surface area contributed by atoms with Crippen molar-refractivity contribution in [2.45, 2.75) is 45.4 Å². The third-order valence-corrected chi connectivity index (χ3v) is 4.95. The molecule has 0 N–H and O–H groups in total. The van der Waals surface area contributed by atoms with Crippen LogP contribution < -0.4 is 0 Å². The molecule has 1 nitrogen and oxygen atoms in total. The monoisotopic (exact) mass is 393 g/mol. The maximum atomic E-state index is 14.1. The van der Waals surface area contributed by atoms with Crippen LogP contribution in [0.4, 0.5) is 14.5 Å². The van der Waals surface area contributed by atoms with Crippen LogP contribution in [0.5, 0.6) is 0 Å². The molecule has 0 saturated heterocycles. The molecule has 2 aromatic carbocycles. The molecule has 28 heavy (non-hydrogen) atoms. The summed E-state index contributed by atoms with van der Waals surface area (Å²) in [6, 6.07) is 8.05. The van der Waals surface area contributed by atoms with Gasteiger partial charge in [-0.3, -0.25) is 0 Å². The normalized spacial score (nSPS) is 12.3. The first-order valence-corrected chi connectivity index (χ1v) is 9.93. The number of hydrogen-bond acceptors (Lipinski definition) is 2. The summed E-state index contributed by atoms with van der Waals surface area (Å²) in [6.45, 7) is 2.22. The highest BCUT2D eigenvalue weighted by Crippen LogP contribution is 2.28. The van der Waals surface area contributed by atoms with E-state index in [-0.39, 0.29) is 11.3 Å². The molecule has 0 bridgehead atoms. The highest BCUT2D eigenvalue weighted by molar-refractivity contribution is 7.78. The average molecular weight is 394 g/mol. The molecule has 0 aromatic heterocycles. The van der Waals surface area contributed by atoms with Crippen LogP contribution in [0.2, 0.25) is 0 Å². The Bertz CT molecular complexity index is 1020. The second kappa shape index (κ2) is 9.55. The Hall–Kier alpha value is -2.60. The lowest BCUT2D eigenvalue weighted by atomic mass is 9.89. The van der Waals surface area contributed by atoms with Crippen molar-refractivity contribution in [3.05, 3.63) is 69.8 Å². The highest BCUT2D eigenvalue weighted by atomic mass is 32.1. The van der Waals surface area contributed by atoms with Crippen LogP contribution in [0.25, 0.3) is 6.08 Å². The zero-order valence-electron chi connectivity index (χ0n) is 15.8. The molecule has 0 aliphatic heterocycles. The molecule has 0 atom stereocenters. The van der Waals surface area contributed by atoms with Crippen molar-refractivity contribution < 1.29 is 8.78 Å². The number of rotatable bonds is 5. The van der Waals surface area contributed by atoms with Crippen molar-refractivity contribution in [3.8, 4) is 11.8 Å². The zero-order chi connectivity index (χ0) is 19.9. The molecule has 142 valence electrons. The Kier molecular flexibility index (Phi) is 6.87. The lowest BCUT2D eigenvalue weighted by Crippen LogP contribution is -2.00. The predicted octanol–water partition coefficient (Wildman–Crippen LogP) is 7.01. The van der Waals surface area contributed by atoms with Crippen molar-refractivity contribution in [1.82, 2.24) is 0 Å². The van der Waals surface area contributed by atoms with Crippen molar-refractivity contribution in [3.63, 3.8) is 0 Å². The first kappa shape index (κ1) is 20.1. The number of thiocarbonyl (C=S) groups is 1. The van der Waals surface area contributed by atoms with Crippen LogP contribution in [0, 0.1) is 23.5 Å². The molecule has 2 aromatic rings. The third-order valence-electron chi connectivity index (χ3n) is 4.86. The minimum atomic E-state index is -0.672. The number of halogens is 2. The minimum absolute atomic E-state index is 0.00311. The van der Waals surface area contributed by atoms with Crippen LogP contribution in [0.3, 0.4) is 0 Å². The molecule has 1 aliphatic carbocycles. The third kappa shape index (κ3) is 5.01. The van der Waals surface area contributed by atoms with E-state index in [0.29, 0.717) is 0 Å². The SMILES string of the molecule is CCCCCC1=Cc2ccc(C#Cc3cc(F)c(N=C=S)cc3F)cc2CC1. The van der Waals surface area contributed by atoms with Gasteiger partial charge in [0.2, 0.25) is 0 Å². The summed E-state index contributed by atoms with van der Waals surface area (Å²) in [6.07, 6.45) is 9.29. The van der Waals surface area contributed by atoms with E-state index in [4.69, 9.17) is 0 Å². The molecule has 0 amide bonds. The molecule has 0 unspecified atom stereocenters. The predicted molar refractivity (Wildman–Crippen MR) is 114 cm³/mol. The summed E-state index contributed by atoms with van der Waals surface area (Å²) in [4.78, 5) is 3.50. The van der Waals surface area contributed by atoms with E-state index < -0.39 is 11.6 Å². The summed E-state index contributed by atoms with van der Waals surface area (Å²) < 4.78 is 28.0. The van der Waals surface area contributed by atoms with Crippen LogP contribution in [0.1, 0.15) is 61.3 Å². The number of benzene rings is 2. The van der Waals surface area contributed by atoms with E-state index in [1.54, 1.807) is 0 Å². The summed E-state index contributed by atoms with van der Waals surface area (Å²) in [5, 5.41) is 2.04. The standard InChI is InChI=1S/C24H21F2NS/c1-2-3-4-5-17-6-9-20-13-18(7-10-19(20)12-17)8-11-21-14-23(26)24(27-16-28)15-22(21)25/h7,10,12-15H,2-6,9H2,1H3. The maximum absolute atomic E-state index is 14.1. The van der Waals surface area contributed by atoms with Crippen molar-refractivity contribution >= 4 is 29.1 Å². The molecule has 0 spiro atoms. The minimum Gasteiger partial charge on any atom is -0.206 e. The van der Waals surface area contributed by atoms with E-state index in [1.807, 2.05) is 17.3 Å². The first-order valence-electron chi connectivity index (χ1n) is 9.52. The number of fused-ring (bicyclic) bond motifs is 1. The van der Waals surface area contributed by atoms with Crippen LogP contribution >= 0.6 is 12.2 Å². The number of isothiocyanates is 1. The Morgan fingerprint density at radius 1 is 1.04 bits per heavy atom. The van der Waals surface area contributed by atoms with E-state index >= 15 is 0 Å². The molecule has 0 saturated carbocycles. The van der Waals surface area contributed by atoms with Gasteiger partial charge in [0.25, 0.3) is 0 Å². The van der Waals surface area contributed by atoms with Crippen LogP contribution in [-0.4, -0.2) is 5.16 Å². The lowest BCUT2D eigenvalue weighted by Gasteiger charge is -2.16. The molecule has 1 aliphatic rings. The Morgan fingerprint density at radius 3 is 2.68 bits per heavy atom. The second-order valence-electron chi connectivity index (χ2n) is 6.91. The summed E-state index contributed by atoms with van der Waals surface area (Å²) >= 11 is 4.43. The van der Waals surface area contributed by atoms with E-state index in [1.165, 1.54) is 42.4 Å². The van der Waals surface area contributed by atoms with Gasteiger partial charge in [-0.15, -0.1) is 0 Å². The summed E-state index contributed by atoms with van der Waals surface area (Å²) in [5.74, 6) is 4.36. The Balaban J connectivity index is 1.80. The topological polar surface area (TPSA) is 12.4 Å². The number of nitrogens with zero attached hydrogens (tertiary/aromatic N) is 1. The molecular formula is C24H21F2NS. The fourth-order valence-electron chi connectivity index (χ4n) is 3.33. The Morgan fingerprint density at radius 2 is 1.89 bits per heavy atom. The summed E-state index contributed by atoms with van der Waals surface area (Å²) in [5.41, 5.74) is 4.62. The van der Waals surface area contributed by atoms with Gasteiger partial charge in [-0.1, -0.05) is 49.3 Å². The number of unbranched alkanes of at least 4 members (excludes halogenated alkanes) is 2. The van der Waals surface area contributed by atoms with Crippen LogP contribution in [0.15, 0.2) is 40.9 Å². The van der Waals surface area contributed by atoms with Gasteiger partial charge in [0, 0.05) is 11.6 Å². The molecule has 4 heteroatoms.